The fourth-order valence-electron chi connectivity index (χ4n) is 4.26. The van der Waals surface area contributed by atoms with Gasteiger partial charge in [0.2, 0.25) is 11.8 Å². The van der Waals surface area contributed by atoms with E-state index in [0.29, 0.717) is 31.1 Å². The lowest BCUT2D eigenvalue weighted by molar-refractivity contribution is -0.136. The molecule has 166 valence electrons. The SMILES string of the molecule is COc1ccc(OC)c([C@@H]2CN(C(=O)C(C)C)C[C@H]2C(=O)N(C)Cc2ccccc2)c1. The maximum Gasteiger partial charge on any atom is 0.228 e. The highest BCUT2D eigenvalue weighted by Gasteiger charge is 2.43. The smallest absolute Gasteiger partial charge is 0.228 e. The van der Waals surface area contributed by atoms with Gasteiger partial charge in [0.05, 0.1) is 20.1 Å². The van der Waals surface area contributed by atoms with Crippen LogP contribution in [0, 0.1) is 11.8 Å². The van der Waals surface area contributed by atoms with Crippen LogP contribution in [0.5, 0.6) is 11.5 Å². The highest BCUT2D eigenvalue weighted by molar-refractivity contribution is 5.84. The van der Waals surface area contributed by atoms with Crippen LogP contribution in [-0.2, 0) is 16.1 Å². The van der Waals surface area contributed by atoms with Crippen LogP contribution >= 0.6 is 0 Å². The lowest BCUT2D eigenvalue weighted by atomic mass is 9.87. The first-order valence-electron chi connectivity index (χ1n) is 10.6. The minimum absolute atomic E-state index is 0.0257. The Bertz CT molecular complexity index is 913. The Morgan fingerprint density at radius 2 is 1.77 bits per heavy atom. The summed E-state index contributed by atoms with van der Waals surface area (Å²) in [6.45, 7) is 5.19. The number of nitrogens with zero attached hydrogens (tertiary/aromatic N) is 2. The van der Waals surface area contributed by atoms with Crippen LogP contribution in [0.25, 0.3) is 0 Å². The fourth-order valence-corrected chi connectivity index (χ4v) is 4.26. The molecule has 2 amide bonds. The van der Waals surface area contributed by atoms with Crippen molar-refractivity contribution in [1.82, 2.24) is 9.80 Å². The van der Waals surface area contributed by atoms with Gasteiger partial charge in [0.15, 0.2) is 0 Å². The molecule has 1 aliphatic rings. The minimum Gasteiger partial charge on any atom is -0.497 e. The zero-order valence-corrected chi connectivity index (χ0v) is 19.0. The van der Waals surface area contributed by atoms with Gasteiger partial charge in [0, 0.05) is 44.1 Å². The van der Waals surface area contributed by atoms with Crippen molar-refractivity contribution in [3.05, 3.63) is 59.7 Å². The van der Waals surface area contributed by atoms with Crippen molar-refractivity contribution in [2.75, 3.05) is 34.4 Å². The quantitative estimate of drug-likeness (QED) is 0.682. The molecule has 0 saturated carbocycles. The van der Waals surface area contributed by atoms with Crippen molar-refractivity contribution >= 4 is 11.8 Å². The van der Waals surface area contributed by atoms with Crippen molar-refractivity contribution < 1.29 is 19.1 Å². The normalized spacial score (nSPS) is 18.2. The molecule has 31 heavy (non-hydrogen) atoms. The van der Waals surface area contributed by atoms with Gasteiger partial charge in [0.1, 0.15) is 11.5 Å². The lowest BCUT2D eigenvalue weighted by Gasteiger charge is -2.25. The zero-order valence-electron chi connectivity index (χ0n) is 19.0. The van der Waals surface area contributed by atoms with Crippen molar-refractivity contribution in [3.63, 3.8) is 0 Å². The number of hydrogen-bond donors (Lipinski definition) is 0. The van der Waals surface area contributed by atoms with Gasteiger partial charge in [-0.25, -0.2) is 0 Å². The van der Waals surface area contributed by atoms with Crippen molar-refractivity contribution in [1.29, 1.82) is 0 Å². The van der Waals surface area contributed by atoms with Crippen LogP contribution in [0.1, 0.15) is 30.9 Å². The average Bonchev–Trinajstić information content (AvgIpc) is 3.23. The number of carbonyl (C=O) groups is 2. The van der Waals surface area contributed by atoms with Crippen LogP contribution in [-0.4, -0.2) is 56.0 Å². The van der Waals surface area contributed by atoms with E-state index in [0.717, 1.165) is 11.1 Å². The molecule has 0 bridgehead atoms. The second-order valence-electron chi connectivity index (χ2n) is 8.40. The van der Waals surface area contributed by atoms with Gasteiger partial charge in [-0.15, -0.1) is 0 Å². The van der Waals surface area contributed by atoms with Gasteiger partial charge in [-0.05, 0) is 23.8 Å². The third kappa shape index (κ3) is 5.01. The Labute approximate surface area is 184 Å². The molecule has 0 aliphatic carbocycles. The van der Waals surface area contributed by atoms with Crippen LogP contribution in [0.2, 0.25) is 0 Å². The second kappa shape index (κ2) is 9.86. The minimum atomic E-state index is -0.350. The second-order valence-corrected chi connectivity index (χ2v) is 8.40. The van der Waals surface area contributed by atoms with Gasteiger partial charge in [0.25, 0.3) is 0 Å². The summed E-state index contributed by atoms with van der Waals surface area (Å²) in [6.07, 6.45) is 0. The molecule has 6 nitrogen and oxygen atoms in total. The van der Waals surface area contributed by atoms with E-state index in [1.54, 1.807) is 19.1 Å². The third-order valence-electron chi connectivity index (χ3n) is 5.92. The Balaban J connectivity index is 1.93. The number of methoxy groups -OCH3 is 2. The van der Waals surface area contributed by atoms with E-state index < -0.39 is 0 Å². The summed E-state index contributed by atoms with van der Waals surface area (Å²) < 4.78 is 11.0. The van der Waals surface area contributed by atoms with Gasteiger partial charge >= 0.3 is 0 Å². The van der Waals surface area contributed by atoms with Gasteiger partial charge < -0.3 is 19.3 Å². The van der Waals surface area contributed by atoms with Crippen molar-refractivity contribution in [2.24, 2.45) is 11.8 Å². The van der Waals surface area contributed by atoms with Crippen LogP contribution in [0.4, 0.5) is 0 Å². The molecule has 1 fully saturated rings. The summed E-state index contributed by atoms with van der Waals surface area (Å²) >= 11 is 0. The molecule has 2 aromatic rings. The van der Waals surface area contributed by atoms with E-state index in [4.69, 9.17) is 9.47 Å². The summed E-state index contributed by atoms with van der Waals surface area (Å²) in [5.74, 6) is 0.853. The van der Waals surface area contributed by atoms with E-state index in [1.165, 1.54) is 0 Å². The number of carbonyl (C=O) groups excluding carboxylic acids is 2. The van der Waals surface area contributed by atoms with Crippen LogP contribution in [0.3, 0.4) is 0 Å². The van der Waals surface area contributed by atoms with Gasteiger partial charge in [-0.3, -0.25) is 9.59 Å². The molecule has 1 aliphatic heterocycles. The molecule has 2 atom stereocenters. The first kappa shape index (κ1) is 22.7. The highest BCUT2D eigenvalue weighted by atomic mass is 16.5. The third-order valence-corrected chi connectivity index (χ3v) is 5.92. The van der Waals surface area contributed by atoms with Crippen LogP contribution in [0.15, 0.2) is 48.5 Å². The fraction of sp³-hybridized carbons (Fsp3) is 0.440. The molecule has 0 unspecified atom stereocenters. The van der Waals surface area contributed by atoms with E-state index in [2.05, 4.69) is 0 Å². The Hall–Kier alpha value is -3.02. The largest absolute Gasteiger partial charge is 0.497 e. The topological polar surface area (TPSA) is 59.1 Å². The number of rotatable bonds is 7. The summed E-state index contributed by atoms with van der Waals surface area (Å²) in [6, 6.07) is 15.5. The first-order valence-corrected chi connectivity index (χ1v) is 10.6. The van der Waals surface area contributed by atoms with E-state index in [9.17, 15) is 9.59 Å². The molecule has 0 radical (unpaired) electrons. The maximum absolute atomic E-state index is 13.5. The highest BCUT2D eigenvalue weighted by Crippen LogP contribution is 2.40. The maximum atomic E-state index is 13.5. The van der Waals surface area contributed by atoms with Crippen molar-refractivity contribution in [2.45, 2.75) is 26.3 Å². The number of ether oxygens (including phenoxy) is 2. The first-order chi connectivity index (χ1) is 14.8. The van der Waals surface area contributed by atoms with E-state index in [1.807, 2.05) is 74.3 Å². The van der Waals surface area contributed by atoms with Gasteiger partial charge in [-0.1, -0.05) is 44.2 Å². The summed E-state index contributed by atoms with van der Waals surface area (Å²) in [5.41, 5.74) is 1.97. The monoisotopic (exact) mass is 424 g/mol. The summed E-state index contributed by atoms with van der Waals surface area (Å²) in [5, 5.41) is 0. The Morgan fingerprint density at radius 3 is 2.39 bits per heavy atom. The average molecular weight is 425 g/mol. The molecular weight excluding hydrogens is 392 g/mol. The molecule has 6 heteroatoms. The lowest BCUT2D eigenvalue weighted by Crippen LogP contribution is -2.37. The summed E-state index contributed by atoms with van der Waals surface area (Å²) in [7, 11) is 5.06. The summed E-state index contributed by atoms with van der Waals surface area (Å²) in [4.78, 5) is 29.9. The Morgan fingerprint density at radius 1 is 1.06 bits per heavy atom. The number of benzene rings is 2. The number of hydrogen-bond acceptors (Lipinski definition) is 4. The molecule has 2 aromatic carbocycles. The predicted molar refractivity (Wildman–Crippen MR) is 120 cm³/mol. The molecule has 1 heterocycles. The predicted octanol–water partition coefficient (Wildman–Crippen LogP) is 3.56. The number of likely N-dealkylation sites (tertiary alicyclic amines) is 1. The van der Waals surface area contributed by atoms with Crippen molar-refractivity contribution in [3.8, 4) is 11.5 Å². The molecule has 0 N–H and O–H groups in total. The van der Waals surface area contributed by atoms with Gasteiger partial charge in [-0.2, -0.15) is 0 Å². The molecule has 0 spiro atoms. The zero-order chi connectivity index (χ0) is 22.5. The number of amides is 2. The molecule has 1 saturated heterocycles. The van der Waals surface area contributed by atoms with E-state index in [-0.39, 0.29) is 29.6 Å². The molecular formula is C25H32N2O4. The molecule has 3 rings (SSSR count). The van der Waals surface area contributed by atoms with E-state index >= 15 is 0 Å². The Kier molecular flexibility index (Phi) is 7.21. The standard InChI is InChI=1S/C25H32N2O4/c1-17(2)24(28)27-15-21(20-13-19(30-4)11-12-23(20)31-5)22(16-27)25(29)26(3)14-18-9-7-6-8-10-18/h6-13,17,21-22H,14-16H2,1-5H3/t21-,22+/m0/s1. The van der Waals surface area contributed by atoms with Crippen LogP contribution < -0.4 is 9.47 Å². The molecule has 0 aromatic heterocycles.